The number of hydrogen-bond donors (Lipinski definition) is 0. The summed E-state index contributed by atoms with van der Waals surface area (Å²) in [5.41, 5.74) is 0. The van der Waals surface area contributed by atoms with E-state index in [1.807, 2.05) is 72.9 Å². The van der Waals surface area contributed by atoms with Gasteiger partial charge in [0.15, 0.2) is 6.10 Å². The van der Waals surface area contributed by atoms with Crippen LogP contribution in [0, 0.1) is 0 Å². The molecule has 0 saturated carbocycles. The van der Waals surface area contributed by atoms with E-state index in [0.717, 1.165) is 83.5 Å². The highest BCUT2D eigenvalue weighted by Crippen LogP contribution is 2.13. The van der Waals surface area contributed by atoms with Crippen LogP contribution in [-0.2, 0) is 28.6 Å². The molecule has 0 aliphatic carbocycles. The zero-order valence-corrected chi connectivity index (χ0v) is 40.5. The highest BCUT2D eigenvalue weighted by Gasteiger charge is 2.19. The zero-order valence-electron chi connectivity index (χ0n) is 40.5. The van der Waals surface area contributed by atoms with Gasteiger partial charge in [-0.1, -0.05) is 231 Å². The number of allylic oxidation sites excluding steroid dienone is 24. The lowest BCUT2D eigenvalue weighted by atomic mass is 10.1. The van der Waals surface area contributed by atoms with Crippen molar-refractivity contribution in [3.8, 4) is 0 Å². The van der Waals surface area contributed by atoms with Gasteiger partial charge in [-0.3, -0.25) is 14.4 Å². The van der Waals surface area contributed by atoms with E-state index in [0.29, 0.717) is 19.3 Å². The molecular formula is C58H88O6. The van der Waals surface area contributed by atoms with Crippen molar-refractivity contribution in [2.75, 3.05) is 13.2 Å². The smallest absolute Gasteiger partial charge is 0.306 e. The number of esters is 3. The molecule has 0 aliphatic rings. The Morgan fingerprint density at radius 2 is 0.703 bits per heavy atom. The second kappa shape index (κ2) is 50.9. The molecule has 6 heteroatoms. The fourth-order valence-corrected chi connectivity index (χ4v) is 6.11. The van der Waals surface area contributed by atoms with E-state index in [1.54, 1.807) is 0 Å². The van der Waals surface area contributed by atoms with Gasteiger partial charge in [0.2, 0.25) is 0 Å². The van der Waals surface area contributed by atoms with E-state index in [-0.39, 0.29) is 44.0 Å². The second-order valence-corrected chi connectivity index (χ2v) is 15.8. The SMILES string of the molecule is CC\C=C/C=C\C=C/C=C\C=C\C=C/C=C\CCCCCC(=O)OCC(COC(=O)CCCCCCCCCCCC)OC(=O)CCC/C=C\C/C=C\C/C=C\C/C=C\C/C=C\CC. The molecular weight excluding hydrogens is 793 g/mol. The number of rotatable bonds is 42. The van der Waals surface area contributed by atoms with E-state index in [1.165, 1.54) is 44.9 Å². The summed E-state index contributed by atoms with van der Waals surface area (Å²) in [7, 11) is 0. The van der Waals surface area contributed by atoms with Crippen molar-refractivity contribution in [1.29, 1.82) is 0 Å². The molecule has 0 fully saturated rings. The van der Waals surface area contributed by atoms with Crippen LogP contribution in [0.4, 0.5) is 0 Å². The van der Waals surface area contributed by atoms with Gasteiger partial charge < -0.3 is 14.2 Å². The molecule has 0 N–H and O–H groups in total. The van der Waals surface area contributed by atoms with Crippen molar-refractivity contribution in [2.24, 2.45) is 0 Å². The normalized spacial score (nSPS) is 13.4. The molecule has 0 amide bonds. The quantitative estimate of drug-likeness (QED) is 0.0200. The molecule has 0 rings (SSSR count). The summed E-state index contributed by atoms with van der Waals surface area (Å²) in [6.07, 6.45) is 72.6. The Labute approximate surface area is 391 Å². The predicted molar refractivity (Wildman–Crippen MR) is 274 cm³/mol. The van der Waals surface area contributed by atoms with Gasteiger partial charge in [-0.25, -0.2) is 0 Å². The van der Waals surface area contributed by atoms with Gasteiger partial charge in [-0.05, 0) is 77.0 Å². The molecule has 356 valence electrons. The van der Waals surface area contributed by atoms with Gasteiger partial charge in [0.05, 0.1) is 0 Å². The fourth-order valence-electron chi connectivity index (χ4n) is 6.11. The molecule has 0 radical (unpaired) electrons. The summed E-state index contributed by atoms with van der Waals surface area (Å²) < 4.78 is 16.7. The first kappa shape index (κ1) is 59.3. The molecule has 6 nitrogen and oxygen atoms in total. The Morgan fingerprint density at radius 3 is 1.17 bits per heavy atom. The fraction of sp³-hybridized carbons (Fsp3) is 0.534. The Hall–Kier alpha value is -4.71. The van der Waals surface area contributed by atoms with Crippen LogP contribution in [0.25, 0.3) is 0 Å². The summed E-state index contributed by atoms with van der Waals surface area (Å²) in [6, 6.07) is 0. The highest BCUT2D eigenvalue weighted by atomic mass is 16.6. The Bertz CT molecular complexity index is 1480. The second-order valence-electron chi connectivity index (χ2n) is 15.8. The summed E-state index contributed by atoms with van der Waals surface area (Å²) in [5, 5.41) is 0. The van der Waals surface area contributed by atoms with Crippen LogP contribution in [0.5, 0.6) is 0 Å². The summed E-state index contributed by atoms with van der Waals surface area (Å²) >= 11 is 0. The third-order valence-electron chi connectivity index (χ3n) is 9.78. The minimum absolute atomic E-state index is 0.121. The van der Waals surface area contributed by atoms with Crippen molar-refractivity contribution in [3.05, 3.63) is 146 Å². The molecule has 0 aliphatic heterocycles. The van der Waals surface area contributed by atoms with Gasteiger partial charge in [-0.15, -0.1) is 0 Å². The first-order valence-electron chi connectivity index (χ1n) is 24.9. The van der Waals surface area contributed by atoms with Gasteiger partial charge >= 0.3 is 17.9 Å². The topological polar surface area (TPSA) is 78.9 Å². The molecule has 1 unspecified atom stereocenters. The van der Waals surface area contributed by atoms with Crippen LogP contribution in [-0.4, -0.2) is 37.2 Å². The number of hydrogen-bond acceptors (Lipinski definition) is 6. The predicted octanol–water partition coefficient (Wildman–Crippen LogP) is 16.5. The number of ether oxygens (including phenoxy) is 3. The average molecular weight is 881 g/mol. The largest absolute Gasteiger partial charge is 0.462 e. The Kier molecular flexibility index (Phi) is 47.2. The molecule has 0 aromatic rings. The van der Waals surface area contributed by atoms with Crippen molar-refractivity contribution in [3.63, 3.8) is 0 Å². The number of unbranched alkanes of at least 4 members (excludes halogenated alkanes) is 13. The minimum atomic E-state index is -0.830. The lowest BCUT2D eigenvalue weighted by Crippen LogP contribution is -2.30. The monoisotopic (exact) mass is 881 g/mol. The van der Waals surface area contributed by atoms with Crippen LogP contribution in [0.1, 0.15) is 181 Å². The Balaban J connectivity index is 4.60. The molecule has 0 aromatic heterocycles. The van der Waals surface area contributed by atoms with Crippen LogP contribution < -0.4 is 0 Å². The van der Waals surface area contributed by atoms with Crippen molar-refractivity contribution < 1.29 is 28.6 Å². The van der Waals surface area contributed by atoms with Crippen LogP contribution in [0.15, 0.2) is 146 Å². The van der Waals surface area contributed by atoms with Crippen molar-refractivity contribution >= 4 is 17.9 Å². The average Bonchev–Trinajstić information content (AvgIpc) is 3.29. The van der Waals surface area contributed by atoms with Gasteiger partial charge in [-0.2, -0.15) is 0 Å². The summed E-state index contributed by atoms with van der Waals surface area (Å²) in [6.45, 7) is 6.25. The molecule has 0 saturated heterocycles. The molecule has 0 bridgehead atoms. The molecule has 0 spiro atoms. The van der Waals surface area contributed by atoms with Gasteiger partial charge in [0, 0.05) is 19.3 Å². The zero-order chi connectivity index (χ0) is 46.5. The van der Waals surface area contributed by atoms with E-state index < -0.39 is 6.10 Å². The van der Waals surface area contributed by atoms with Gasteiger partial charge in [0.1, 0.15) is 13.2 Å². The highest BCUT2D eigenvalue weighted by molar-refractivity contribution is 5.71. The molecule has 0 aromatic carbocycles. The lowest BCUT2D eigenvalue weighted by molar-refractivity contribution is -0.167. The summed E-state index contributed by atoms with van der Waals surface area (Å²) in [4.78, 5) is 37.9. The third-order valence-corrected chi connectivity index (χ3v) is 9.78. The number of carbonyl (C=O) groups excluding carboxylic acids is 3. The maximum atomic E-state index is 12.8. The standard InChI is InChI=1S/C58H88O6/c1-4-7-10-13-16-19-22-24-26-28-29-31-32-34-36-39-42-45-48-51-57(60)63-54-55(53-62-56(59)50-47-44-41-38-21-18-15-12-9-6-3)64-58(61)52-49-46-43-40-37-35-33-30-27-25-23-20-17-14-11-8-5-2/h7-8,10-11,13,16-17,19-20,22,24-29,31-36,40,43,55H,4-6,9,12,14-15,18,21,23,30,37-39,41-42,44-54H2,1-3H3/b10-7-,11-8-,16-13-,20-17-,22-19-,26-24-,27-25-,29-28+,32-31-,35-33-,36-34-,43-40-. The van der Waals surface area contributed by atoms with Crippen molar-refractivity contribution in [1.82, 2.24) is 0 Å². The molecule has 1 atom stereocenters. The maximum Gasteiger partial charge on any atom is 0.306 e. The maximum absolute atomic E-state index is 12.8. The first-order valence-corrected chi connectivity index (χ1v) is 24.9. The molecule has 0 heterocycles. The van der Waals surface area contributed by atoms with E-state index >= 15 is 0 Å². The lowest BCUT2D eigenvalue weighted by Gasteiger charge is -2.18. The van der Waals surface area contributed by atoms with E-state index in [2.05, 4.69) is 93.7 Å². The molecule has 64 heavy (non-hydrogen) atoms. The first-order chi connectivity index (χ1) is 31.5. The minimum Gasteiger partial charge on any atom is -0.462 e. The summed E-state index contributed by atoms with van der Waals surface area (Å²) in [5.74, 6) is -1.04. The van der Waals surface area contributed by atoms with E-state index in [9.17, 15) is 14.4 Å². The van der Waals surface area contributed by atoms with Gasteiger partial charge in [0.25, 0.3) is 0 Å². The van der Waals surface area contributed by atoms with Crippen LogP contribution in [0.2, 0.25) is 0 Å². The van der Waals surface area contributed by atoms with Crippen LogP contribution in [0.3, 0.4) is 0 Å². The Morgan fingerprint density at radius 1 is 0.344 bits per heavy atom. The number of carbonyl (C=O) groups is 3. The van der Waals surface area contributed by atoms with E-state index in [4.69, 9.17) is 14.2 Å². The third kappa shape index (κ3) is 48.3. The van der Waals surface area contributed by atoms with Crippen LogP contribution >= 0.6 is 0 Å². The van der Waals surface area contributed by atoms with Crippen molar-refractivity contribution in [2.45, 2.75) is 187 Å².